The van der Waals surface area contributed by atoms with Crippen LogP contribution in [0.25, 0.3) is 0 Å². The lowest BCUT2D eigenvalue weighted by molar-refractivity contribution is -0.385. The molecular weight excluding hydrogens is 354 g/mol. The fourth-order valence-electron chi connectivity index (χ4n) is 2.13. The molecule has 2 aromatic rings. The molecule has 2 aromatic carbocycles. The van der Waals surface area contributed by atoms with Crippen LogP contribution in [-0.4, -0.2) is 35.9 Å². The van der Waals surface area contributed by atoms with Gasteiger partial charge in [-0.05, 0) is 37.1 Å². The van der Waals surface area contributed by atoms with Gasteiger partial charge < -0.3 is 14.6 Å². The van der Waals surface area contributed by atoms with Crippen molar-refractivity contribution in [1.29, 1.82) is 0 Å². The maximum Gasteiger partial charge on any atom is 0.277 e. The molecule has 0 fully saturated rings. The van der Waals surface area contributed by atoms with Gasteiger partial charge in [-0.15, -0.1) is 0 Å². The number of phenols is 1. The van der Waals surface area contributed by atoms with Gasteiger partial charge in [0.15, 0.2) is 18.1 Å². The molecule has 0 aliphatic carbocycles. The van der Waals surface area contributed by atoms with Crippen LogP contribution in [0, 0.1) is 24.0 Å². The zero-order chi connectivity index (χ0) is 20.0. The second kappa shape index (κ2) is 8.65. The Morgan fingerprint density at radius 2 is 2.04 bits per heavy atom. The van der Waals surface area contributed by atoms with Crippen LogP contribution in [0.5, 0.6) is 17.2 Å². The Morgan fingerprint density at radius 1 is 1.30 bits per heavy atom. The van der Waals surface area contributed by atoms with Crippen molar-refractivity contribution in [2.75, 3.05) is 13.7 Å². The van der Waals surface area contributed by atoms with E-state index in [1.165, 1.54) is 7.11 Å². The Bertz CT molecular complexity index is 895. The van der Waals surface area contributed by atoms with Crippen LogP contribution in [0.3, 0.4) is 0 Å². The van der Waals surface area contributed by atoms with Gasteiger partial charge in [-0.2, -0.15) is 5.10 Å². The predicted octanol–water partition coefficient (Wildman–Crippen LogP) is 2.45. The van der Waals surface area contributed by atoms with Crippen molar-refractivity contribution in [3.05, 3.63) is 57.1 Å². The summed E-state index contributed by atoms with van der Waals surface area (Å²) in [6.45, 7) is 3.65. The number of non-ortho nitro benzene ring substituents is 1. The molecule has 0 spiro atoms. The van der Waals surface area contributed by atoms with Crippen molar-refractivity contribution in [3.8, 4) is 17.2 Å². The monoisotopic (exact) mass is 373 g/mol. The van der Waals surface area contributed by atoms with Crippen LogP contribution in [0.2, 0.25) is 0 Å². The molecule has 142 valence electrons. The molecule has 0 bridgehead atoms. The van der Waals surface area contributed by atoms with Crippen molar-refractivity contribution in [1.82, 2.24) is 5.43 Å². The van der Waals surface area contributed by atoms with Crippen LogP contribution >= 0.6 is 0 Å². The quantitative estimate of drug-likeness (QED) is 0.436. The number of hydrogen-bond donors (Lipinski definition) is 2. The number of phenolic OH excluding ortho intramolecular Hbond substituents is 1. The minimum atomic E-state index is -0.630. The topological polar surface area (TPSA) is 123 Å². The van der Waals surface area contributed by atoms with Gasteiger partial charge in [0, 0.05) is 11.6 Å². The molecule has 2 N–H and O–H groups in total. The third-order valence-electron chi connectivity index (χ3n) is 3.76. The number of amides is 1. The molecule has 27 heavy (non-hydrogen) atoms. The van der Waals surface area contributed by atoms with Gasteiger partial charge in [0.2, 0.25) is 0 Å². The highest BCUT2D eigenvalue weighted by atomic mass is 16.6. The number of carbonyl (C=O) groups excluding carboxylic acids is 1. The first-order valence-corrected chi connectivity index (χ1v) is 7.89. The lowest BCUT2D eigenvalue weighted by Crippen LogP contribution is -2.24. The average Bonchev–Trinajstić information content (AvgIpc) is 2.63. The van der Waals surface area contributed by atoms with E-state index in [-0.39, 0.29) is 29.4 Å². The molecule has 9 heteroatoms. The first-order chi connectivity index (χ1) is 12.8. The van der Waals surface area contributed by atoms with Gasteiger partial charge >= 0.3 is 0 Å². The molecule has 0 radical (unpaired) electrons. The first-order valence-electron chi connectivity index (χ1n) is 7.89. The molecule has 0 heterocycles. The van der Waals surface area contributed by atoms with E-state index in [4.69, 9.17) is 9.47 Å². The number of benzene rings is 2. The number of nitrogens with one attached hydrogen (secondary N) is 1. The number of nitro groups is 1. The lowest BCUT2D eigenvalue weighted by atomic mass is 10.1. The van der Waals surface area contributed by atoms with E-state index in [0.717, 1.165) is 29.5 Å². The third-order valence-corrected chi connectivity index (χ3v) is 3.76. The van der Waals surface area contributed by atoms with Crippen LogP contribution in [0.1, 0.15) is 16.7 Å². The van der Waals surface area contributed by atoms with Crippen molar-refractivity contribution >= 4 is 17.8 Å². The van der Waals surface area contributed by atoms with Gasteiger partial charge in [0.25, 0.3) is 11.6 Å². The number of carbonyl (C=O) groups is 1. The van der Waals surface area contributed by atoms with Crippen LogP contribution in [0.15, 0.2) is 35.4 Å². The summed E-state index contributed by atoms with van der Waals surface area (Å²) in [4.78, 5) is 22.1. The van der Waals surface area contributed by atoms with E-state index >= 15 is 0 Å². The molecule has 0 saturated heterocycles. The van der Waals surface area contributed by atoms with E-state index in [0.29, 0.717) is 5.75 Å². The summed E-state index contributed by atoms with van der Waals surface area (Å²) in [6.07, 6.45) is 1.08. The highest BCUT2D eigenvalue weighted by Crippen LogP contribution is 2.33. The number of aromatic hydroxyl groups is 1. The normalized spacial score (nSPS) is 10.6. The maximum absolute atomic E-state index is 11.8. The molecule has 9 nitrogen and oxygen atoms in total. The lowest BCUT2D eigenvalue weighted by Gasteiger charge is -2.07. The van der Waals surface area contributed by atoms with Gasteiger partial charge in [0.05, 0.1) is 24.3 Å². The Balaban J connectivity index is 2.00. The number of ether oxygens (including phenoxy) is 2. The molecular formula is C18H19N3O6. The number of nitro benzene ring substituents is 1. The molecule has 2 rings (SSSR count). The number of hydrogen-bond acceptors (Lipinski definition) is 7. The summed E-state index contributed by atoms with van der Waals surface area (Å²) in [5.41, 5.74) is 4.12. The Labute approximate surface area is 155 Å². The summed E-state index contributed by atoms with van der Waals surface area (Å²) in [5.74, 6) is -0.373. The molecule has 1 amide bonds. The van der Waals surface area contributed by atoms with E-state index in [9.17, 15) is 20.0 Å². The number of aryl methyl sites for hydroxylation is 2. The second-order valence-corrected chi connectivity index (χ2v) is 5.67. The van der Waals surface area contributed by atoms with Gasteiger partial charge in [-0.1, -0.05) is 6.07 Å². The van der Waals surface area contributed by atoms with Crippen LogP contribution < -0.4 is 14.9 Å². The summed E-state index contributed by atoms with van der Waals surface area (Å²) >= 11 is 0. The Hall–Kier alpha value is -3.62. The number of rotatable bonds is 7. The zero-order valence-electron chi connectivity index (χ0n) is 15.1. The van der Waals surface area contributed by atoms with Crippen LogP contribution in [0.4, 0.5) is 5.69 Å². The standard InChI is InChI=1S/C18H19N3O6/c1-11-4-5-15(6-12(11)2)27-10-17(22)20-19-9-13-7-14(21(24)25)8-16(26-3)18(13)23/h4-9,23H,10H2,1-3H3,(H,20,22)/b19-9+. The largest absolute Gasteiger partial charge is 0.504 e. The minimum Gasteiger partial charge on any atom is -0.504 e. The molecule has 0 aromatic heterocycles. The minimum absolute atomic E-state index is 0.0245. The van der Waals surface area contributed by atoms with Crippen molar-refractivity contribution in [3.63, 3.8) is 0 Å². The Morgan fingerprint density at radius 3 is 2.67 bits per heavy atom. The fraction of sp³-hybridized carbons (Fsp3) is 0.222. The predicted molar refractivity (Wildman–Crippen MR) is 98.5 cm³/mol. The van der Waals surface area contributed by atoms with Gasteiger partial charge in [-0.25, -0.2) is 5.43 Å². The van der Waals surface area contributed by atoms with E-state index < -0.39 is 10.8 Å². The van der Waals surface area contributed by atoms with Crippen molar-refractivity contribution in [2.45, 2.75) is 13.8 Å². The second-order valence-electron chi connectivity index (χ2n) is 5.67. The molecule has 0 aliphatic heterocycles. The Kier molecular flexibility index (Phi) is 6.32. The average molecular weight is 373 g/mol. The van der Waals surface area contributed by atoms with Gasteiger partial charge in [0.1, 0.15) is 5.75 Å². The SMILES string of the molecule is COc1cc([N+](=O)[O-])cc(/C=N/NC(=O)COc2ccc(C)c(C)c2)c1O. The van der Waals surface area contributed by atoms with E-state index in [1.807, 2.05) is 26.0 Å². The maximum atomic E-state index is 11.8. The third kappa shape index (κ3) is 5.18. The van der Waals surface area contributed by atoms with Crippen LogP contribution in [-0.2, 0) is 4.79 Å². The molecule has 0 atom stereocenters. The highest BCUT2D eigenvalue weighted by Gasteiger charge is 2.15. The number of hydrazone groups is 1. The smallest absolute Gasteiger partial charge is 0.277 e. The highest BCUT2D eigenvalue weighted by molar-refractivity contribution is 5.87. The first kappa shape index (κ1) is 19.7. The number of nitrogens with zero attached hydrogens (tertiary/aromatic N) is 2. The van der Waals surface area contributed by atoms with Gasteiger partial charge in [-0.3, -0.25) is 14.9 Å². The van der Waals surface area contributed by atoms with Crippen molar-refractivity contribution in [2.24, 2.45) is 5.10 Å². The fourth-order valence-corrected chi connectivity index (χ4v) is 2.13. The zero-order valence-corrected chi connectivity index (χ0v) is 15.1. The molecule has 0 aliphatic rings. The summed E-state index contributed by atoms with van der Waals surface area (Å²) < 4.78 is 10.3. The van der Waals surface area contributed by atoms with Crippen molar-refractivity contribution < 1.29 is 24.3 Å². The van der Waals surface area contributed by atoms with E-state index in [2.05, 4.69) is 10.5 Å². The number of methoxy groups -OCH3 is 1. The molecule has 0 unspecified atom stereocenters. The summed E-state index contributed by atoms with van der Waals surface area (Å²) in [6, 6.07) is 7.66. The summed E-state index contributed by atoms with van der Waals surface area (Å²) in [5, 5.41) is 24.6. The molecule has 0 saturated carbocycles. The summed E-state index contributed by atoms with van der Waals surface area (Å²) in [7, 11) is 1.27. The van der Waals surface area contributed by atoms with E-state index in [1.54, 1.807) is 6.07 Å².